The average Bonchev–Trinajstić information content (AvgIpc) is 2.59. The molecule has 6 nitrogen and oxygen atoms in total. The second kappa shape index (κ2) is 6.88. The van der Waals surface area contributed by atoms with Crippen molar-refractivity contribution in [2.24, 2.45) is 5.92 Å². The summed E-state index contributed by atoms with van der Waals surface area (Å²) in [6.45, 7) is 0.323. The fourth-order valence-electron chi connectivity index (χ4n) is 2.50. The van der Waals surface area contributed by atoms with Crippen LogP contribution in [-0.4, -0.2) is 17.5 Å². The summed E-state index contributed by atoms with van der Waals surface area (Å²) in [6.07, 6.45) is 0.509. The van der Waals surface area contributed by atoms with Gasteiger partial charge in [-0.25, -0.2) is 0 Å². The van der Waals surface area contributed by atoms with Gasteiger partial charge in [0.25, 0.3) is 5.69 Å². The van der Waals surface area contributed by atoms with E-state index in [1.165, 1.54) is 12.1 Å². The number of carbonyl (C=O) groups excluding carboxylic acids is 1. The highest BCUT2D eigenvalue weighted by molar-refractivity contribution is 6.30. The first-order chi connectivity index (χ1) is 11.5. The van der Waals surface area contributed by atoms with Crippen molar-refractivity contribution in [3.8, 4) is 5.75 Å². The van der Waals surface area contributed by atoms with E-state index in [-0.39, 0.29) is 24.9 Å². The van der Waals surface area contributed by atoms with Crippen LogP contribution in [0.25, 0.3) is 0 Å². The van der Waals surface area contributed by atoms with Crippen molar-refractivity contribution in [3.05, 3.63) is 68.7 Å². The molecule has 0 amide bonds. The molecule has 0 N–H and O–H groups in total. The molecule has 0 saturated heterocycles. The van der Waals surface area contributed by atoms with Gasteiger partial charge in [-0.1, -0.05) is 11.6 Å². The Morgan fingerprint density at radius 1 is 1.29 bits per heavy atom. The largest absolute Gasteiger partial charge is 0.492 e. The van der Waals surface area contributed by atoms with Crippen molar-refractivity contribution >= 4 is 23.3 Å². The maximum Gasteiger partial charge on any atom is 0.313 e. The molecular weight excluding hydrogens is 334 g/mol. The lowest BCUT2D eigenvalue weighted by molar-refractivity contribution is -0.384. The highest BCUT2D eigenvalue weighted by Gasteiger charge is 2.27. The summed E-state index contributed by atoms with van der Waals surface area (Å²) in [5, 5.41) is 11.2. The Bertz CT molecular complexity index is 775. The fraction of sp³-hybridized carbons (Fsp3) is 0.235. The molecule has 0 radical (unpaired) electrons. The molecule has 0 bridgehead atoms. The summed E-state index contributed by atoms with van der Waals surface area (Å²) in [6, 6.07) is 11.2. The van der Waals surface area contributed by atoms with Crippen LogP contribution < -0.4 is 4.74 Å². The SMILES string of the molecule is O=C(OCc1ccc([N+](=O)[O-])cc1)[C@@H]1COc2ccc(Cl)cc2C1. The number of benzene rings is 2. The molecule has 0 unspecified atom stereocenters. The van der Waals surface area contributed by atoms with Gasteiger partial charge in [0.05, 0.1) is 10.8 Å². The molecule has 2 aromatic carbocycles. The van der Waals surface area contributed by atoms with Gasteiger partial charge >= 0.3 is 5.97 Å². The van der Waals surface area contributed by atoms with Crippen molar-refractivity contribution in [1.82, 2.24) is 0 Å². The van der Waals surface area contributed by atoms with Crippen LogP contribution in [0.5, 0.6) is 5.75 Å². The van der Waals surface area contributed by atoms with E-state index in [9.17, 15) is 14.9 Å². The van der Waals surface area contributed by atoms with Gasteiger partial charge in [-0.05, 0) is 47.9 Å². The van der Waals surface area contributed by atoms with Gasteiger partial charge < -0.3 is 9.47 Å². The zero-order valence-corrected chi connectivity index (χ0v) is 13.4. The molecule has 3 rings (SSSR count). The summed E-state index contributed by atoms with van der Waals surface area (Å²) < 4.78 is 10.9. The number of ether oxygens (including phenoxy) is 2. The minimum atomic E-state index is -0.474. The van der Waals surface area contributed by atoms with E-state index in [1.807, 2.05) is 0 Å². The molecule has 0 aromatic heterocycles. The molecule has 1 heterocycles. The van der Waals surface area contributed by atoms with Crippen molar-refractivity contribution in [3.63, 3.8) is 0 Å². The van der Waals surface area contributed by atoms with Crippen LogP contribution in [0.3, 0.4) is 0 Å². The molecule has 7 heteroatoms. The van der Waals surface area contributed by atoms with Crippen LogP contribution in [0, 0.1) is 16.0 Å². The Morgan fingerprint density at radius 3 is 2.75 bits per heavy atom. The first kappa shape index (κ1) is 16.3. The standard InChI is InChI=1S/C17H14ClNO5/c18-14-3-6-16-12(8-14)7-13(10-23-16)17(20)24-9-11-1-4-15(5-2-11)19(21)22/h1-6,8,13H,7,9-10H2/t13-/m0/s1. The Hall–Kier alpha value is -2.60. The number of esters is 1. The second-order valence-electron chi connectivity index (χ2n) is 5.50. The fourth-order valence-corrected chi connectivity index (χ4v) is 2.70. The van der Waals surface area contributed by atoms with Gasteiger partial charge in [-0.3, -0.25) is 14.9 Å². The van der Waals surface area contributed by atoms with E-state index >= 15 is 0 Å². The lowest BCUT2D eigenvalue weighted by Crippen LogP contribution is -2.29. The minimum Gasteiger partial charge on any atom is -0.492 e. The van der Waals surface area contributed by atoms with Gasteiger partial charge in [-0.15, -0.1) is 0 Å². The summed E-state index contributed by atoms with van der Waals surface area (Å²) >= 11 is 5.96. The number of hydrogen-bond donors (Lipinski definition) is 0. The Labute approximate surface area is 143 Å². The number of nitro benzene ring substituents is 1. The number of nitrogens with zero attached hydrogens (tertiary/aromatic N) is 1. The predicted octanol–water partition coefficient (Wildman–Crippen LogP) is 3.54. The van der Waals surface area contributed by atoms with Crippen molar-refractivity contribution in [1.29, 1.82) is 0 Å². The van der Waals surface area contributed by atoms with Gasteiger partial charge in [-0.2, -0.15) is 0 Å². The van der Waals surface area contributed by atoms with Crippen molar-refractivity contribution < 1.29 is 19.2 Å². The molecule has 24 heavy (non-hydrogen) atoms. The Kier molecular flexibility index (Phi) is 4.66. The number of nitro groups is 1. The normalized spacial score (nSPS) is 16.0. The van der Waals surface area contributed by atoms with Crippen LogP contribution in [0.15, 0.2) is 42.5 Å². The molecule has 1 aliphatic rings. The molecule has 0 fully saturated rings. The molecule has 124 valence electrons. The smallest absolute Gasteiger partial charge is 0.313 e. The Morgan fingerprint density at radius 2 is 2.04 bits per heavy atom. The van der Waals surface area contributed by atoms with Crippen LogP contribution >= 0.6 is 11.6 Å². The highest BCUT2D eigenvalue weighted by Crippen LogP contribution is 2.30. The monoisotopic (exact) mass is 347 g/mol. The molecule has 1 atom stereocenters. The van der Waals surface area contributed by atoms with Gasteiger partial charge in [0.2, 0.25) is 0 Å². The predicted molar refractivity (Wildman–Crippen MR) is 87.0 cm³/mol. The number of halogens is 1. The third kappa shape index (κ3) is 3.65. The first-order valence-electron chi connectivity index (χ1n) is 7.34. The first-order valence-corrected chi connectivity index (χ1v) is 7.72. The van der Waals surface area contributed by atoms with Crippen molar-refractivity contribution in [2.75, 3.05) is 6.61 Å². The van der Waals surface area contributed by atoms with Crippen molar-refractivity contribution in [2.45, 2.75) is 13.0 Å². The average molecular weight is 348 g/mol. The van der Waals surface area contributed by atoms with Crippen LogP contribution in [0.2, 0.25) is 5.02 Å². The quantitative estimate of drug-likeness (QED) is 0.480. The van der Waals surface area contributed by atoms with E-state index < -0.39 is 10.8 Å². The van der Waals surface area contributed by atoms with Crippen LogP contribution in [-0.2, 0) is 22.6 Å². The minimum absolute atomic E-state index is 0.000701. The number of rotatable bonds is 4. The van der Waals surface area contributed by atoms with Gasteiger partial charge in [0, 0.05) is 17.2 Å². The van der Waals surface area contributed by atoms with E-state index in [4.69, 9.17) is 21.1 Å². The second-order valence-corrected chi connectivity index (χ2v) is 5.93. The van der Waals surface area contributed by atoms with E-state index in [0.717, 1.165) is 11.3 Å². The number of hydrogen-bond acceptors (Lipinski definition) is 5. The van der Waals surface area contributed by atoms with Gasteiger partial charge in [0.15, 0.2) is 0 Å². The Balaban J connectivity index is 1.58. The third-order valence-electron chi connectivity index (χ3n) is 3.79. The topological polar surface area (TPSA) is 78.7 Å². The molecule has 0 saturated carbocycles. The maximum absolute atomic E-state index is 12.2. The lowest BCUT2D eigenvalue weighted by Gasteiger charge is -2.24. The van der Waals surface area contributed by atoms with E-state index in [2.05, 4.69) is 0 Å². The lowest BCUT2D eigenvalue weighted by atomic mass is 9.97. The van der Waals surface area contributed by atoms with Crippen LogP contribution in [0.4, 0.5) is 5.69 Å². The number of fused-ring (bicyclic) bond motifs is 1. The maximum atomic E-state index is 12.2. The summed E-state index contributed by atoms with van der Waals surface area (Å²) in [5.41, 5.74) is 1.57. The molecular formula is C17H14ClNO5. The summed E-state index contributed by atoms with van der Waals surface area (Å²) in [7, 11) is 0. The van der Waals surface area contributed by atoms with Crippen LogP contribution in [0.1, 0.15) is 11.1 Å². The number of non-ortho nitro benzene ring substituents is 1. The summed E-state index contributed by atoms with van der Waals surface area (Å²) in [4.78, 5) is 22.3. The number of carbonyl (C=O) groups is 1. The third-order valence-corrected chi connectivity index (χ3v) is 4.03. The van der Waals surface area contributed by atoms with E-state index in [0.29, 0.717) is 17.0 Å². The molecule has 0 spiro atoms. The highest BCUT2D eigenvalue weighted by atomic mass is 35.5. The molecule has 2 aromatic rings. The van der Waals surface area contributed by atoms with Gasteiger partial charge in [0.1, 0.15) is 19.0 Å². The zero-order chi connectivity index (χ0) is 17.1. The zero-order valence-electron chi connectivity index (χ0n) is 12.6. The molecule has 1 aliphatic heterocycles. The summed E-state index contributed by atoms with van der Waals surface area (Å²) in [5.74, 6) is -0.0215. The molecule has 0 aliphatic carbocycles. The van der Waals surface area contributed by atoms with E-state index in [1.54, 1.807) is 30.3 Å².